The molecule has 1 aliphatic rings. The molecule has 0 spiro atoms. The fourth-order valence-corrected chi connectivity index (χ4v) is 1.58. The largest absolute Gasteiger partial charge is 0.396 e. The van der Waals surface area contributed by atoms with Crippen molar-refractivity contribution >= 4 is 0 Å². The number of aliphatic hydroxyl groups excluding tert-OH is 1. The number of aliphatic hydroxyl groups is 1. The number of rotatable bonds is 3. The Kier molecular flexibility index (Phi) is 2.28. The van der Waals surface area contributed by atoms with Crippen LogP contribution in [0.1, 0.15) is 5.82 Å². The summed E-state index contributed by atoms with van der Waals surface area (Å²) in [5, 5.41) is 12.8. The molecule has 1 aromatic heterocycles. The number of nitrogens with zero attached hydrogens (tertiary/aromatic N) is 4. The molecule has 72 valence electrons. The lowest BCUT2D eigenvalue weighted by Crippen LogP contribution is -2.47. The Morgan fingerprint density at radius 3 is 2.92 bits per heavy atom. The first-order valence-corrected chi connectivity index (χ1v) is 4.45. The van der Waals surface area contributed by atoms with Gasteiger partial charge in [0, 0.05) is 32.7 Å². The van der Waals surface area contributed by atoms with Crippen LogP contribution >= 0.6 is 0 Å². The zero-order valence-electron chi connectivity index (χ0n) is 7.72. The van der Waals surface area contributed by atoms with Crippen molar-refractivity contribution in [2.45, 2.75) is 6.54 Å². The van der Waals surface area contributed by atoms with E-state index in [4.69, 9.17) is 5.11 Å². The number of hydrogen-bond donors (Lipinski definition) is 1. The second-order valence-corrected chi connectivity index (χ2v) is 3.54. The molecule has 0 aromatic carbocycles. The molecule has 0 radical (unpaired) electrons. The van der Waals surface area contributed by atoms with E-state index in [2.05, 4.69) is 15.0 Å². The van der Waals surface area contributed by atoms with Crippen molar-refractivity contribution in [3.05, 3.63) is 12.2 Å². The van der Waals surface area contributed by atoms with Crippen molar-refractivity contribution in [1.82, 2.24) is 19.7 Å². The Labute approximate surface area is 77.0 Å². The molecule has 0 amide bonds. The Bertz CT molecular complexity index is 279. The predicted octanol–water partition coefficient (Wildman–Crippen LogP) is -0.761. The minimum absolute atomic E-state index is 0.301. The van der Waals surface area contributed by atoms with E-state index in [0.717, 1.165) is 25.5 Å². The predicted molar refractivity (Wildman–Crippen MR) is 46.9 cm³/mol. The molecule has 1 saturated heterocycles. The monoisotopic (exact) mass is 182 g/mol. The van der Waals surface area contributed by atoms with Gasteiger partial charge in [-0.2, -0.15) is 5.10 Å². The van der Waals surface area contributed by atoms with Gasteiger partial charge in [-0.15, -0.1) is 0 Å². The maximum absolute atomic E-state index is 8.82. The summed E-state index contributed by atoms with van der Waals surface area (Å²) in [5.41, 5.74) is 0. The summed E-state index contributed by atoms with van der Waals surface area (Å²) in [6, 6.07) is 0. The van der Waals surface area contributed by atoms with E-state index in [9.17, 15) is 0 Å². The molecule has 0 atom stereocenters. The summed E-state index contributed by atoms with van der Waals surface area (Å²) < 4.78 is 1.78. The van der Waals surface area contributed by atoms with Gasteiger partial charge in [-0.1, -0.05) is 0 Å². The Balaban J connectivity index is 1.84. The standard InChI is InChI=1S/C8H14N4O/c1-11-8(9-6-10-11)4-12-2-7(3-12)5-13/h6-7,13H,2-5H2,1H3. The molecule has 1 aliphatic heterocycles. The zero-order chi connectivity index (χ0) is 9.26. The molecule has 5 nitrogen and oxygen atoms in total. The average Bonchev–Trinajstić information content (AvgIpc) is 2.43. The highest BCUT2D eigenvalue weighted by Crippen LogP contribution is 2.16. The minimum Gasteiger partial charge on any atom is -0.396 e. The number of hydrogen-bond acceptors (Lipinski definition) is 4. The normalized spacial score (nSPS) is 18.9. The van der Waals surface area contributed by atoms with Gasteiger partial charge in [0.2, 0.25) is 0 Å². The molecular formula is C8H14N4O. The van der Waals surface area contributed by atoms with Gasteiger partial charge in [0.15, 0.2) is 0 Å². The molecule has 1 aromatic rings. The first-order valence-electron chi connectivity index (χ1n) is 4.45. The average molecular weight is 182 g/mol. The second kappa shape index (κ2) is 3.43. The molecule has 0 saturated carbocycles. The Morgan fingerprint density at radius 1 is 1.62 bits per heavy atom. The first-order chi connectivity index (χ1) is 6.29. The fraction of sp³-hybridized carbons (Fsp3) is 0.750. The van der Waals surface area contributed by atoms with Crippen LogP contribution in [0.15, 0.2) is 6.33 Å². The molecule has 1 N–H and O–H groups in total. The van der Waals surface area contributed by atoms with E-state index in [1.807, 2.05) is 7.05 Å². The van der Waals surface area contributed by atoms with Gasteiger partial charge >= 0.3 is 0 Å². The van der Waals surface area contributed by atoms with Gasteiger partial charge in [0.05, 0.1) is 6.54 Å². The molecule has 0 unspecified atom stereocenters. The molecule has 1 fully saturated rings. The third-order valence-electron chi connectivity index (χ3n) is 2.46. The summed E-state index contributed by atoms with van der Waals surface area (Å²) in [7, 11) is 1.89. The summed E-state index contributed by atoms with van der Waals surface area (Å²) in [5.74, 6) is 1.45. The van der Waals surface area contributed by atoms with Crippen LogP contribution in [0.5, 0.6) is 0 Å². The van der Waals surface area contributed by atoms with Crippen LogP contribution in [0, 0.1) is 5.92 Å². The molecule has 2 rings (SSSR count). The third-order valence-corrected chi connectivity index (χ3v) is 2.46. The SMILES string of the molecule is Cn1ncnc1CN1CC(CO)C1. The van der Waals surface area contributed by atoms with Crippen LogP contribution in [0.4, 0.5) is 0 Å². The van der Waals surface area contributed by atoms with Gasteiger partial charge in [-0.3, -0.25) is 9.58 Å². The van der Waals surface area contributed by atoms with Gasteiger partial charge < -0.3 is 5.11 Å². The van der Waals surface area contributed by atoms with Crippen molar-refractivity contribution < 1.29 is 5.11 Å². The van der Waals surface area contributed by atoms with Crippen LogP contribution in [0.2, 0.25) is 0 Å². The lowest BCUT2D eigenvalue weighted by molar-refractivity contribution is 0.0451. The van der Waals surface area contributed by atoms with Crippen molar-refractivity contribution in [3.63, 3.8) is 0 Å². The van der Waals surface area contributed by atoms with E-state index in [-0.39, 0.29) is 0 Å². The summed E-state index contributed by atoms with van der Waals surface area (Å²) in [6.07, 6.45) is 1.57. The van der Waals surface area contributed by atoms with Crippen LogP contribution in [0.3, 0.4) is 0 Å². The molecule has 0 bridgehead atoms. The highest BCUT2D eigenvalue weighted by atomic mass is 16.3. The van der Waals surface area contributed by atoms with Crippen molar-refractivity contribution in [1.29, 1.82) is 0 Å². The molecule has 0 aliphatic carbocycles. The smallest absolute Gasteiger partial charge is 0.140 e. The van der Waals surface area contributed by atoms with E-state index in [0.29, 0.717) is 12.5 Å². The van der Waals surface area contributed by atoms with Gasteiger partial charge in [-0.05, 0) is 0 Å². The lowest BCUT2D eigenvalue weighted by Gasteiger charge is -2.37. The summed E-state index contributed by atoms with van der Waals surface area (Å²) in [6.45, 7) is 3.09. The number of aryl methyl sites for hydroxylation is 1. The zero-order valence-corrected chi connectivity index (χ0v) is 7.72. The van der Waals surface area contributed by atoms with Crippen molar-refractivity contribution in [3.8, 4) is 0 Å². The summed E-state index contributed by atoms with van der Waals surface area (Å²) >= 11 is 0. The van der Waals surface area contributed by atoms with E-state index < -0.39 is 0 Å². The van der Waals surface area contributed by atoms with Crippen LogP contribution in [-0.2, 0) is 13.6 Å². The Hall–Kier alpha value is -0.940. The highest BCUT2D eigenvalue weighted by Gasteiger charge is 2.26. The number of aromatic nitrogens is 3. The third kappa shape index (κ3) is 1.71. The molecule has 13 heavy (non-hydrogen) atoms. The lowest BCUT2D eigenvalue weighted by atomic mass is 10.0. The maximum atomic E-state index is 8.82. The fourth-order valence-electron chi connectivity index (χ4n) is 1.58. The van der Waals surface area contributed by atoms with Gasteiger partial charge in [-0.25, -0.2) is 4.98 Å². The van der Waals surface area contributed by atoms with Gasteiger partial charge in [0.25, 0.3) is 0 Å². The van der Waals surface area contributed by atoms with E-state index >= 15 is 0 Å². The number of likely N-dealkylation sites (tertiary alicyclic amines) is 1. The van der Waals surface area contributed by atoms with Crippen LogP contribution < -0.4 is 0 Å². The first kappa shape index (κ1) is 8.65. The van der Waals surface area contributed by atoms with Crippen molar-refractivity contribution in [2.75, 3.05) is 19.7 Å². The molecular weight excluding hydrogens is 168 g/mol. The maximum Gasteiger partial charge on any atom is 0.140 e. The van der Waals surface area contributed by atoms with Crippen LogP contribution in [0.25, 0.3) is 0 Å². The van der Waals surface area contributed by atoms with Gasteiger partial charge in [0.1, 0.15) is 12.2 Å². The minimum atomic E-state index is 0.301. The second-order valence-electron chi connectivity index (χ2n) is 3.54. The van der Waals surface area contributed by atoms with E-state index in [1.54, 1.807) is 11.0 Å². The quantitative estimate of drug-likeness (QED) is 0.667. The Morgan fingerprint density at radius 2 is 2.38 bits per heavy atom. The molecule has 5 heteroatoms. The van der Waals surface area contributed by atoms with E-state index in [1.165, 1.54) is 0 Å². The highest BCUT2D eigenvalue weighted by molar-refractivity contribution is 4.88. The molecule has 2 heterocycles. The van der Waals surface area contributed by atoms with Crippen molar-refractivity contribution in [2.24, 2.45) is 13.0 Å². The topological polar surface area (TPSA) is 54.2 Å². The van der Waals surface area contributed by atoms with Crippen LogP contribution in [-0.4, -0.2) is 44.5 Å². The summed E-state index contributed by atoms with van der Waals surface area (Å²) in [4.78, 5) is 6.39.